The van der Waals surface area contributed by atoms with Crippen molar-refractivity contribution in [3.8, 4) is 0 Å². The number of hydrogen-bond donors (Lipinski definition) is 3. The summed E-state index contributed by atoms with van der Waals surface area (Å²) in [6.45, 7) is 0. The fourth-order valence-electron chi connectivity index (χ4n) is 2.03. The SMILES string of the molecule is NC(Cc1ccc([N+](=O)[O-])cc1)C(=O)Nc1ccc(C(=O)O)cc1. The Morgan fingerprint density at radius 3 is 2.21 bits per heavy atom. The van der Waals surface area contributed by atoms with Gasteiger partial charge in [-0.05, 0) is 36.2 Å². The Hall–Kier alpha value is -3.26. The molecule has 0 saturated carbocycles. The number of non-ortho nitro benzene ring substituents is 1. The summed E-state index contributed by atoms with van der Waals surface area (Å²) in [4.78, 5) is 32.9. The number of rotatable bonds is 6. The zero-order valence-corrected chi connectivity index (χ0v) is 12.5. The fourth-order valence-corrected chi connectivity index (χ4v) is 2.03. The van der Waals surface area contributed by atoms with Crippen molar-refractivity contribution in [1.29, 1.82) is 0 Å². The van der Waals surface area contributed by atoms with E-state index >= 15 is 0 Å². The molecule has 8 heteroatoms. The summed E-state index contributed by atoms with van der Waals surface area (Å²) in [6.07, 6.45) is 0.219. The van der Waals surface area contributed by atoms with Crippen LogP contribution in [0.2, 0.25) is 0 Å². The van der Waals surface area contributed by atoms with E-state index in [4.69, 9.17) is 10.8 Å². The molecule has 124 valence electrons. The number of amides is 1. The van der Waals surface area contributed by atoms with Gasteiger partial charge in [-0.3, -0.25) is 14.9 Å². The van der Waals surface area contributed by atoms with Gasteiger partial charge in [-0.25, -0.2) is 4.79 Å². The lowest BCUT2D eigenvalue weighted by Crippen LogP contribution is -2.37. The zero-order chi connectivity index (χ0) is 17.7. The van der Waals surface area contributed by atoms with Gasteiger partial charge < -0.3 is 16.2 Å². The number of nitro groups is 1. The normalized spacial score (nSPS) is 11.5. The number of anilines is 1. The maximum absolute atomic E-state index is 12.1. The summed E-state index contributed by atoms with van der Waals surface area (Å²) in [7, 11) is 0. The number of nitro benzene ring substituents is 1. The van der Waals surface area contributed by atoms with Gasteiger partial charge in [-0.1, -0.05) is 12.1 Å². The molecule has 2 aromatic rings. The van der Waals surface area contributed by atoms with E-state index in [1.54, 1.807) is 12.1 Å². The molecule has 1 atom stereocenters. The monoisotopic (exact) mass is 329 g/mol. The summed E-state index contributed by atoms with van der Waals surface area (Å²) in [5.74, 6) is -1.49. The summed E-state index contributed by atoms with van der Waals surface area (Å²) in [5, 5.41) is 22.0. The number of carboxylic acid groups (broad SMARTS) is 1. The Morgan fingerprint density at radius 1 is 1.12 bits per heavy atom. The van der Waals surface area contributed by atoms with E-state index in [1.165, 1.54) is 36.4 Å². The number of aromatic carboxylic acids is 1. The molecule has 0 aliphatic rings. The third kappa shape index (κ3) is 4.37. The highest BCUT2D eigenvalue weighted by molar-refractivity contribution is 5.95. The maximum Gasteiger partial charge on any atom is 0.335 e. The zero-order valence-electron chi connectivity index (χ0n) is 12.5. The molecule has 4 N–H and O–H groups in total. The highest BCUT2D eigenvalue weighted by Gasteiger charge is 2.15. The molecule has 0 heterocycles. The van der Waals surface area contributed by atoms with Gasteiger partial charge in [0.1, 0.15) is 0 Å². The summed E-state index contributed by atoms with van der Waals surface area (Å²) < 4.78 is 0. The molecule has 0 bridgehead atoms. The minimum Gasteiger partial charge on any atom is -0.478 e. The molecule has 0 aromatic heterocycles. The van der Waals surface area contributed by atoms with Crippen LogP contribution in [0.3, 0.4) is 0 Å². The molecule has 1 unspecified atom stereocenters. The van der Waals surface area contributed by atoms with Gasteiger partial charge in [0.25, 0.3) is 5.69 Å². The Balaban J connectivity index is 1.96. The highest BCUT2D eigenvalue weighted by atomic mass is 16.6. The van der Waals surface area contributed by atoms with Gasteiger partial charge in [-0.2, -0.15) is 0 Å². The van der Waals surface area contributed by atoms with Crippen LogP contribution in [0.25, 0.3) is 0 Å². The van der Waals surface area contributed by atoms with Crippen LogP contribution in [0.4, 0.5) is 11.4 Å². The lowest BCUT2D eigenvalue weighted by atomic mass is 10.1. The first-order chi connectivity index (χ1) is 11.4. The van der Waals surface area contributed by atoms with Crippen LogP contribution in [0.15, 0.2) is 48.5 Å². The maximum atomic E-state index is 12.1. The molecule has 0 saturated heterocycles. The topological polar surface area (TPSA) is 136 Å². The standard InChI is InChI=1S/C16H15N3O5/c17-14(9-10-1-7-13(8-2-10)19(23)24)15(20)18-12-5-3-11(4-6-12)16(21)22/h1-8,14H,9,17H2,(H,18,20)(H,21,22). The first-order valence-electron chi connectivity index (χ1n) is 7.00. The number of carbonyl (C=O) groups is 2. The van der Waals surface area contributed by atoms with E-state index in [1.807, 2.05) is 0 Å². The van der Waals surface area contributed by atoms with Crippen molar-refractivity contribution < 1.29 is 19.6 Å². The van der Waals surface area contributed by atoms with Crippen molar-refractivity contribution in [1.82, 2.24) is 0 Å². The second-order valence-corrected chi connectivity index (χ2v) is 5.11. The van der Waals surface area contributed by atoms with Crippen LogP contribution in [-0.2, 0) is 11.2 Å². The largest absolute Gasteiger partial charge is 0.478 e. The van der Waals surface area contributed by atoms with Crippen LogP contribution in [-0.4, -0.2) is 27.9 Å². The Labute approximate surface area is 137 Å². The number of carbonyl (C=O) groups excluding carboxylic acids is 1. The van der Waals surface area contributed by atoms with Gasteiger partial charge in [0.2, 0.25) is 5.91 Å². The van der Waals surface area contributed by atoms with Gasteiger partial charge >= 0.3 is 5.97 Å². The van der Waals surface area contributed by atoms with Crippen molar-refractivity contribution in [2.45, 2.75) is 12.5 Å². The van der Waals surface area contributed by atoms with E-state index in [0.29, 0.717) is 11.3 Å². The van der Waals surface area contributed by atoms with E-state index < -0.39 is 22.8 Å². The Bertz CT molecular complexity index is 756. The van der Waals surface area contributed by atoms with E-state index in [-0.39, 0.29) is 17.7 Å². The molecule has 0 aliphatic carbocycles. The molecule has 0 aliphatic heterocycles. The first kappa shape index (κ1) is 17.1. The third-order valence-corrected chi connectivity index (χ3v) is 3.34. The number of nitrogens with one attached hydrogen (secondary N) is 1. The molecular formula is C16H15N3O5. The van der Waals surface area contributed by atoms with Crippen molar-refractivity contribution in [3.05, 3.63) is 69.8 Å². The summed E-state index contributed by atoms with van der Waals surface area (Å²) in [6, 6.07) is 10.7. The van der Waals surface area contributed by atoms with Crippen molar-refractivity contribution >= 4 is 23.3 Å². The minimum absolute atomic E-state index is 0.0321. The number of benzene rings is 2. The Kier molecular flexibility index (Phi) is 5.23. The average Bonchev–Trinajstić information content (AvgIpc) is 2.55. The van der Waals surface area contributed by atoms with Gasteiger partial charge in [0, 0.05) is 17.8 Å². The second kappa shape index (κ2) is 7.34. The summed E-state index contributed by atoms with van der Waals surface area (Å²) >= 11 is 0. The van der Waals surface area contributed by atoms with Gasteiger partial charge in [0.05, 0.1) is 16.5 Å². The van der Waals surface area contributed by atoms with Crippen LogP contribution in [0, 0.1) is 10.1 Å². The molecule has 0 fully saturated rings. The van der Waals surface area contributed by atoms with Gasteiger partial charge in [-0.15, -0.1) is 0 Å². The minimum atomic E-state index is -1.05. The summed E-state index contributed by atoms with van der Waals surface area (Å²) in [5.41, 5.74) is 7.05. The molecule has 0 spiro atoms. The molecule has 0 radical (unpaired) electrons. The molecule has 2 rings (SSSR count). The van der Waals surface area contributed by atoms with Gasteiger partial charge in [0.15, 0.2) is 0 Å². The van der Waals surface area contributed by atoms with Crippen LogP contribution >= 0.6 is 0 Å². The predicted molar refractivity (Wildman–Crippen MR) is 86.8 cm³/mol. The van der Waals surface area contributed by atoms with E-state index in [9.17, 15) is 19.7 Å². The number of carboxylic acids is 1. The lowest BCUT2D eigenvalue weighted by molar-refractivity contribution is -0.384. The smallest absolute Gasteiger partial charge is 0.335 e. The molecular weight excluding hydrogens is 314 g/mol. The number of nitrogens with two attached hydrogens (primary N) is 1. The number of hydrogen-bond acceptors (Lipinski definition) is 5. The molecule has 1 amide bonds. The lowest BCUT2D eigenvalue weighted by Gasteiger charge is -2.12. The highest BCUT2D eigenvalue weighted by Crippen LogP contribution is 2.14. The van der Waals surface area contributed by atoms with Crippen LogP contribution in [0.5, 0.6) is 0 Å². The second-order valence-electron chi connectivity index (χ2n) is 5.11. The quantitative estimate of drug-likeness (QED) is 0.546. The average molecular weight is 329 g/mol. The van der Waals surface area contributed by atoms with E-state index in [2.05, 4.69) is 5.32 Å². The van der Waals surface area contributed by atoms with Crippen LogP contribution in [0.1, 0.15) is 15.9 Å². The van der Waals surface area contributed by atoms with Crippen molar-refractivity contribution in [2.75, 3.05) is 5.32 Å². The third-order valence-electron chi connectivity index (χ3n) is 3.34. The molecule has 24 heavy (non-hydrogen) atoms. The molecule has 2 aromatic carbocycles. The molecule has 8 nitrogen and oxygen atoms in total. The Morgan fingerprint density at radius 2 is 1.71 bits per heavy atom. The van der Waals surface area contributed by atoms with Crippen molar-refractivity contribution in [3.63, 3.8) is 0 Å². The van der Waals surface area contributed by atoms with Crippen LogP contribution < -0.4 is 11.1 Å². The van der Waals surface area contributed by atoms with Crippen molar-refractivity contribution in [2.24, 2.45) is 5.73 Å². The fraction of sp³-hybridized carbons (Fsp3) is 0.125. The predicted octanol–water partition coefficient (Wildman–Crippen LogP) is 1.80. The van der Waals surface area contributed by atoms with E-state index in [0.717, 1.165) is 0 Å². The first-order valence-corrected chi connectivity index (χ1v) is 7.00. The number of nitrogens with zero attached hydrogens (tertiary/aromatic N) is 1.